The largest absolute Gasteiger partial charge is 0.355 e. The lowest BCUT2D eigenvalue weighted by atomic mass is 10.1. The molecule has 1 N–H and O–H groups in total. The highest BCUT2D eigenvalue weighted by Crippen LogP contribution is 2.27. The zero-order valence-corrected chi connectivity index (χ0v) is 13.4. The van der Waals surface area contributed by atoms with Gasteiger partial charge in [0, 0.05) is 17.8 Å². The number of benzene rings is 1. The Morgan fingerprint density at radius 3 is 2.82 bits per heavy atom. The van der Waals surface area contributed by atoms with E-state index in [1.165, 1.54) is 11.8 Å². The number of nitrogens with zero attached hydrogens (tertiary/aromatic N) is 2. The molecule has 0 saturated carbocycles. The third kappa shape index (κ3) is 3.65. The summed E-state index contributed by atoms with van der Waals surface area (Å²) in [5, 5.41) is 3.55. The van der Waals surface area contributed by atoms with E-state index < -0.39 is 0 Å². The number of carbonyl (C=O) groups is 1. The van der Waals surface area contributed by atoms with E-state index in [4.69, 9.17) is 0 Å². The van der Waals surface area contributed by atoms with Crippen LogP contribution < -0.4 is 5.32 Å². The Labute approximate surface area is 134 Å². The maximum atomic E-state index is 12.1. The topological polar surface area (TPSA) is 54.9 Å². The molecule has 0 bridgehead atoms. The standard InChI is InChI=1S/C17H19N3OS/c1-12-11-14(13-7-3-2-4-8-13)20-17(19-12)22-15-9-5-6-10-18-16(15)21/h2-4,7-8,11,15H,5-6,9-10H2,1H3,(H,18,21). The average Bonchev–Trinajstić information content (AvgIpc) is 2.73. The van der Waals surface area contributed by atoms with Crippen LogP contribution in [0.3, 0.4) is 0 Å². The summed E-state index contributed by atoms with van der Waals surface area (Å²) in [7, 11) is 0. The molecule has 1 unspecified atom stereocenters. The lowest BCUT2D eigenvalue weighted by Gasteiger charge is -2.12. The molecule has 0 spiro atoms. The number of nitrogens with one attached hydrogen (secondary N) is 1. The number of carbonyl (C=O) groups excluding carboxylic acids is 1. The van der Waals surface area contributed by atoms with Crippen LogP contribution in [0.1, 0.15) is 25.0 Å². The fourth-order valence-corrected chi connectivity index (χ4v) is 3.58. The summed E-state index contributed by atoms with van der Waals surface area (Å²) in [4.78, 5) is 21.2. The molecule has 2 aromatic rings. The van der Waals surface area contributed by atoms with Crippen molar-refractivity contribution < 1.29 is 4.79 Å². The summed E-state index contributed by atoms with van der Waals surface area (Å²) in [6.07, 6.45) is 3.00. The number of hydrogen-bond donors (Lipinski definition) is 1. The van der Waals surface area contributed by atoms with Gasteiger partial charge in [-0.3, -0.25) is 4.79 Å². The number of thioether (sulfide) groups is 1. The Balaban J connectivity index is 1.85. The first-order chi connectivity index (χ1) is 10.7. The van der Waals surface area contributed by atoms with Crippen molar-refractivity contribution in [1.29, 1.82) is 0 Å². The van der Waals surface area contributed by atoms with Crippen molar-refractivity contribution in [3.05, 3.63) is 42.1 Å². The number of aryl methyl sites for hydroxylation is 1. The lowest BCUT2D eigenvalue weighted by Crippen LogP contribution is -2.30. The van der Waals surface area contributed by atoms with Crippen molar-refractivity contribution in [2.75, 3.05) is 6.54 Å². The fraction of sp³-hybridized carbons (Fsp3) is 0.353. The van der Waals surface area contributed by atoms with Crippen molar-refractivity contribution in [2.24, 2.45) is 0 Å². The van der Waals surface area contributed by atoms with Crippen LogP contribution in [-0.2, 0) is 4.79 Å². The predicted octanol–water partition coefficient (Wildman–Crippen LogP) is 3.21. The molecule has 1 aromatic carbocycles. The molecule has 1 aliphatic rings. The maximum Gasteiger partial charge on any atom is 0.233 e. The van der Waals surface area contributed by atoms with Crippen LogP contribution in [-0.4, -0.2) is 27.7 Å². The monoisotopic (exact) mass is 313 g/mol. The molecular formula is C17H19N3OS. The highest BCUT2D eigenvalue weighted by atomic mass is 32.2. The van der Waals surface area contributed by atoms with Crippen LogP contribution in [0.25, 0.3) is 11.3 Å². The van der Waals surface area contributed by atoms with Gasteiger partial charge in [-0.2, -0.15) is 0 Å². The quantitative estimate of drug-likeness (QED) is 0.884. The van der Waals surface area contributed by atoms with Gasteiger partial charge < -0.3 is 5.32 Å². The molecule has 1 fully saturated rings. The van der Waals surface area contributed by atoms with Crippen LogP contribution in [0.2, 0.25) is 0 Å². The summed E-state index contributed by atoms with van der Waals surface area (Å²) in [5.74, 6) is 0.105. The minimum atomic E-state index is -0.0899. The molecule has 1 aromatic heterocycles. The van der Waals surface area contributed by atoms with E-state index in [0.717, 1.165) is 42.8 Å². The summed E-state index contributed by atoms with van der Waals surface area (Å²) in [6, 6.07) is 12.0. The highest BCUT2D eigenvalue weighted by molar-refractivity contribution is 8.00. The lowest BCUT2D eigenvalue weighted by molar-refractivity contribution is -0.120. The van der Waals surface area contributed by atoms with Crippen molar-refractivity contribution in [3.8, 4) is 11.3 Å². The predicted molar refractivity (Wildman–Crippen MR) is 88.7 cm³/mol. The van der Waals surface area contributed by atoms with E-state index >= 15 is 0 Å². The maximum absolute atomic E-state index is 12.1. The molecule has 5 heteroatoms. The van der Waals surface area contributed by atoms with Crippen LogP contribution in [0, 0.1) is 6.92 Å². The molecule has 1 amide bonds. The molecule has 22 heavy (non-hydrogen) atoms. The second-order valence-corrected chi connectivity index (χ2v) is 6.61. The Kier molecular flexibility index (Phi) is 4.73. The summed E-state index contributed by atoms with van der Waals surface area (Å²) < 4.78 is 0. The first-order valence-corrected chi connectivity index (χ1v) is 8.46. The second kappa shape index (κ2) is 6.92. The van der Waals surface area contributed by atoms with E-state index in [1.54, 1.807) is 0 Å². The van der Waals surface area contributed by atoms with Crippen LogP contribution >= 0.6 is 11.8 Å². The average molecular weight is 313 g/mol. The van der Waals surface area contributed by atoms with Crippen molar-refractivity contribution >= 4 is 17.7 Å². The van der Waals surface area contributed by atoms with E-state index in [2.05, 4.69) is 15.3 Å². The van der Waals surface area contributed by atoms with E-state index in [9.17, 15) is 4.79 Å². The number of aromatic nitrogens is 2. The van der Waals surface area contributed by atoms with Gasteiger partial charge >= 0.3 is 0 Å². The molecule has 4 nitrogen and oxygen atoms in total. The summed E-state index contributed by atoms with van der Waals surface area (Å²) in [5.41, 5.74) is 2.90. The first-order valence-electron chi connectivity index (χ1n) is 7.58. The van der Waals surface area contributed by atoms with Crippen LogP contribution in [0.15, 0.2) is 41.6 Å². The molecule has 114 valence electrons. The first kappa shape index (κ1) is 15.0. The van der Waals surface area contributed by atoms with Gasteiger partial charge in [-0.05, 0) is 25.8 Å². The van der Waals surface area contributed by atoms with Crippen LogP contribution in [0.4, 0.5) is 0 Å². The minimum Gasteiger partial charge on any atom is -0.355 e. The smallest absolute Gasteiger partial charge is 0.233 e. The highest BCUT2D eigenvalue weighted by Gasteiger charge is 2.23. The van der Waals surface area contributed by atoms with Gasteiger partial charge in [0.2, 0.25) is 5.91 Å². The van der Waals surface area contributed by atoms with Gasteiger partial charge in [-0.15, -0.1) is 0 Å². The van der Waals surface area contributed by atoms with Crippen molar-refractivity contribution in [3.63, 3.8) is 0 Å². The SMILES string of the molecule is Cc1cc(-c2ccccc2)nc(SC2CCCCNC2=O)n1. The Hall–Kier alpha value is -1.88. The van der Waals surface area contributed by atoms with Crippen molar-refractivity contribution in [1.82, 2.24) is 15.3 Å². The van der Waals surface area contributed by atoms with Gasteiger partial charge in [-0.1, -0.05) is 48.5 Å². The van der Waals surface area contributed by atoms with Gasteiger partial charge in [0.05, 0.1) is 10.9 Å². The van der Waals surface area contributed by atoms with Crippen molar-refractivity contribution in [2.45, 2.75) is 36.6 Å². The molecular weight excluding hydrogens is 294 g/mol. The fourth-order valence-electron chi connectivity index (χ4n) is 2.50. The van der Waals surface area contributed by atoms with Gasteiger partial charge in [0.25, 0.3) is 0 Å². The Morgan fingerprint density at radius 1 is 1.18 bits per heavy atom. The third-order valence-corrected chi connectivity index (χ3v) is 4.76. The number of hydrogen-bond acceptors (Lipinski definition) is 4. The van der Waals surface area contributed by atoms with E-state index in [-0.39, 0.29) is 11.2 Å². The Morgan fingerprint density at radius 2 is 2.00 bits per heavy atom. The molecule has 1 saturated heterocycles. The molecule has 0 aliphatic carbocycles. The molecule has 1 aliphatic heterocycles. The zero-order chi connectivity index (χ0) is 15.4. The Bertz CT molecular complexity index is 660. The normalized spacial score (nSPS) is 18.6. The van der Waals surface area contributed by atoms with E-state index in [1.807, 2.05) is 43.3 Å². The number of amides is 1. The van der Waals surface area contributed by atoms with Gasteiger partial charge in [-0.25, -0.2) is 9.97 Å². The third-order valence-electron chi connectivity index (χ3n) is 3.64. The van der Waals surface area contributed by atoms with E-state index in [0.29, 0.717) is 5.16 Å². The molecule has 2 heterocycles. The zero-order valence-electron chi connectivity index (χ0n) is 12.6. The molecule has 1 atom stereocenters. The number of rotatable bonds is 3. The summed E-state index contributed by atoms with van der Waals surface area (Å²) >= 11 is 1.47. The second-order valence-electron chi connectivity index (χ2n) is 5.44. The van der Waals surface area contributed by atoms with Gasteiger partial charge in [0.1, 0.15) is 0 Å². The summed E-state index contributed by atoms with van der Waals surface area (Å²) in [6.45, 7) is 2.74. The molecule has 0 radical (unpaired) electrons. The molecule has 3 rings (SSSR count). The minimum absolute atomic E-state index is 0.0899. The van der Waals surface area contributed by atoms with Gasteiger partial charge in [0.15, 0.2) is 5.16 Å². The van der Waals surface area contributed by atoms with Crippen LogP contribution in [0.5, 0.6) is 0 Å².